The number of rotatable bonds is 7. The molecule has 5 nitrogen and oxygen atoms in total. The molecule has 0 saturated carbocycles. The Morgan fingerprint density at radius 3 is 3.00 bits per heavy atom. The van der Waals surface area contributed by atoms with Crippen molar-refractivity contribution in [2.45, 2.75) is 58.1 Å². The second-order valence-electron chi connectivity index (χ2n) is 6.70. The first-order valence-electron chi connectivity index (χ1n) is 9.11. The van der Waals surface area contributed by atoms with Gasteiger partial charge < -0.3 is 9.84 Å². The number of hydrogen-bond donors (Lipinski definition) is 1. The molecule has 1 aliphatic heterocycles. The van der Waals surface area contributed by atoms with Crippen LogP contribution in [0.1, 0.15) is 57.2 Å². The third-order valence-corrected chi connectivity index (χ3v) is 5.05. The van der Waals surface area contributed by atoms with E-state index in [1.54, 1.807) is 4.68 Å². The van der Waals surface area contributed by atoms with Crippen LogP contribution in [0, 0.1) is 11.9 Å². The molecule has 1 aromatic heterocycles. The summed E-state index contributed by atoms with van der Waals surface area (Å²) in [6, 6.07) is 5.69. The second-order valence-corrected chi connectivity index (χ2v) is 6.70. The molecular weight excluding hydrogens is 323 g/mol. The van der Waals surface area contributed by atoms with Crippen LogP contribution in [0.15, 0.2) is 18.2 Å². The van der Waals surface area contributed by atoms with Crippen LogP contribution >= 0.6 is 0 Å². The Balaban J connectivity index is 1.80. The predicted octanol–water partition coefficient (Wildman–Crippen LogP) is 4.31. The third-order valence-electron chi connectivity index (χ3n) is 5.05. The predicted molar refractivity (Wildman–Crippen MR) is 92.9 cm³/mol. The van der Waals surface area contributed by atoms with Gasteiger partial charge in [0.2, 0.25) is 5.95 Å². The average molecular weight is 348 g/mol. The smallest absolute Gasteiger partial charge is 0.306 e. The van der Waals surface area contributed by atoms with Crippen molar-refractivity contribution in [3.63, 3.8) is 0 Å². The molecule has 3 rings (SSSR count). The number of aromatic nitrogens is 2. The number of ether oxygens (including phenoxy) is 1. The summed E-state index contributed by atoms with van der Waals surface area (Å²) >= 11 is 0. The van der Waals surface area contributed by atoms with Gasteiger partial charge in [-0.25, -0.2) is 4.68 Å². The fourth-order valence-electron chi connectivity index (χ4n) is 3.60. The second kappa shape index (κ2) is 7.95. The minimum atomic E-state index is -0.755. The largest absolute Gasteiger partial charge is 0.481 e. The lowest BCUT2D eigenvalue weighted by atomic mass is 9.96. The zero-order chi connectivity index (χ0) is 17.8. The zero-order valence-corrected chi connectivity index (χ0v) is 14.6. The van der Waals surface area contributed by atoms with E-state index in [0.717, 1.165) is 30.3 Å². The zero-order valence-electron chi connectivity index (χ0n) is 14.6. The van der Waals surface area contributed by atoms with E-state index in [0.29, 0.717) is 37.7 Å². The highest BCUT2D eigenvalue weighted by Crippen LogP contribution is 2.30. The van der Waals surface area contributed by atoms with Crippen molar-refractivity contribution in [1.82, 2.24) is 9.78 Å². The van der Waals surface area contributed by atoms with Crippen LogP contribution in [0.5, 0.6) is 0 Å². The van der Waals surface area contributed by atoms with Crippen molar-refractivity contribution in [2.75, 3.05) is 6.61 Å². The van der Waals surface area contributed by atoms with E-state index < -0.39 is 11.9 Å². The molecule has 0 radical (unpaired) electrons. The van der Waals surface area contributed by atoms with Gasteiger partial charge in [0.25, 0.3) is 0 Å². The lowest BCUT2D eigenvalue weighted by Gasteiger charge is -2.23. The van der Waals surface area contributed by atoms with Crippen LogP contribution < -0.4 is 0 Å². The van der Waals surface area contributed by atoms with Crippen LogP contribution in [-0.4, -0.2) is 27.5 Å². The number of aliphatic carboxylic acids is 1. The number of nitrogens with zero attached hydrogens (tertiary/aromatic N) is 2. The fourth-order valence-corrected chi connectivity index (χ4v) is 3.60. The molecular formula is C19H25FN2O3. The number of hydrogen-bond acceptors (Lipinski definition) is 3. The quantitative estimate of drug-likeness (QED) is 0.810. The number of carboxylic acid groups (broad SMARTS) is 1. The molecule has 2 aromatic rings. The van der Waals surface area contributed by atoms with E-state index in [9.17, 15) is 9.18 Å². The Morgan fingerprint density at radius 2 is 2.32 bits per heavy atom. The molecule has 2 atom stereocenters. The van der Waals surface area contributed by atoms with E-state index in [-0.39, 0.29) is 12.1 Å². The van der Waals surface area contributed by atoms with Crippen LogP contribution in [0.25, 0.3) is 10.9 Å². The maximum atomic E-state index is 14.5. The van der Waals surface area contributed by atoms with Crippen molar-refractivity contribution in [1.29, 1.82) is 0 Å². The first-order valence-corrected chi connectivity index (χ1v) is 9.11. The molecule has 1 N–H and O–H groups in total. The summed E-state index contributed by atoms with van der Waals surface area (Å²) in [7, 11) is 0. The maximum absolute atomic E-state index is 14.5. The van der Waals surface area contributed by atoms with Crippen molar-refractivity contribution in [2.24, 2.45) is 5.92 Å². The Labute approximate surface area is 146 Å². The van der Waals surface area contributed by atoms with Gasteiger partial charge in [0.15, 0.2) is 6.23 Å². The minimum Gasteiger partial charge on any atom is -0.481 e. The van der Waals surface area contributed by atoms with Crippen molar-refractivity contribution in [3.05, 3.63) is 29.7 Å². The van der Waals surface area contributed by atoms with Gasteiger partial charge in [0, 0.05) is 6.61 Å². The van der Waals surface area contributed by atoms with Gasteiger partial charge in [-0.3, -0.25) is 4.79 Å². The highest BCUT2D eigenvalue weighted by atomic mass is 19.1. The highest BCUT2D eigenvalue weighted by molar-refractivity contribution is 5.83. The third kappa shape index (κ3) is 3.84. The number of fused-ring (bicyclic) bond motifs is 1. The molecule has 136 valence electrons. The Hall–Kier alpha value is -1.95. The number of halogens is 1. The number of aryl methyl sites for hydroxylation is 1. The van der Waals surface area contributed by atoms with Gasteiger partial charge in [-0.1, -0.05) is 19.1 Å². The molecule has 0 aliphatic carbocycles. The highest BCUT2D eigenvalue weighted by Gasteiger charge is 2.22. The van der Waals surface area contributed by atoms with Crippen LogP contribution in [-0.2, 0) is 16.0 Å². The molecule has 1 saturated heterocycles. The molecule has 2 heterocycles. The van der Waals surface area contributed by atoms with Gasteiger partial charge in [-0.2, -0.15) is 4.39 Å². The van der Waals surface area contributed by atoms with E-state index in [2.05, 4.69) is 5.10 Å². The number of carboxylic acids is 1. The van der Waals surface area contributed by atoms with Crippen LogP contribution in [0.2, 0.25) is 0 Å². The summed E-state index contributed by atoms with van der Waals surface area (Å²) in [5, 5.41) is 13.8. The molecule has 1 aromatic carbocycles. The SMILES string of the molecule is CCC(CCCc1cccc2c1c(F)nn2C1CCCCO1)C(=O)O. The molecule has 25 heavy (non-hydrogen) atoms. The Bertz CT molecular complexity index is 738. The average Bonchev–Trinajstić information content (AvgIpc) is 2.97. The van der Waals surface area contributed by atoms with Gasteiger partial charge in [-0.15, -0.1) is 5.10 Å². The molecule has 1 aliphatic rings. The van der Waals surface area contributed by atoms with Crippen molar-refractivity contribution in [3.8, 4) is 0 Å². The standard InChI is InChI=1S/C19H25FN2O3/c1-2-13(19(23)24)7-5-8-14-9-6-10-15-17(14)18(20)21-22(15)16-11-3-4-12-25-16/h6,9-10,13,16H,2-5,7-8,11-12H2,1H3,(H,23,24). The summed E-state index contributed by atoms with van der Waals surface area (Å²) in [4.78, 5) is 11.1. The number of benzene rings is 1. The summed E-state index contributed by atoms with van der Waals surface area (Å²) in [5.74, 6) is -1.55. The Kier molecular flexibility index (Phi) is 5.68. The molecule has 0 bridgehead atoms. The molecule has 6 heteroatoms. The van der Waals surface area contributed by atoms with E-state index >= 15 is 0 Å². The van der Waals surface area contributed by atoms with E-state index in [4.69, 9.17) is 9.84 Å². The van der Waals surface area contributed by atoms with E-state index in [1.165, 1.54) is 0 Å². The first kappa shape index (κ1) is 17.9. The fraction of sp³-hybridized carbons (Fsp3) is 0.579. The minimum absolute atomic E-state index is 0.201. The monoisotopic (exact) mass is 348 g/mol. The van der Waals surface area contributed by atoms with Crippen molar-refractivity contribution < 1.29 is 19.0 Å². The van der Waals surface area contributed by atoms with Gasteiger partial charge in [0.05, 0.1) is 16.8 Å². The Morgan fingerprint density at radius 1 is 1.48 bits per heavy atom. The van der Waals surface area contributed by atoms with Gasteiger partial charge in [0.1, 0.15) is 0 Å². The van der Waals surface area contributed by atoms with Gasteiger partial charge >= 0.3 is 5.97 Å². The van der Waals surface area contributed by atoms with E-state index in [1.807, 2.05) is 25.1 Å². The molecule has 2 unspecified atom stereocenters. The normalized spacial score (nSPS) is 19.2. The van der Waals surface area contributed by atoms with Crippen LogP contribution in [0.4, 0.5) is 4.39 Å². The maximum Gasteiger partial charge on any atom is 0.306 e. The van der Waals surface area contributed by atoms with Crippen LogP contribution in [0.3, 0.4) is 0 Å². The summed E-state index contributed by atoms with van der Waals surface area (Å²) in [6.45, 7) is 2.56. The molecule has 1 fully saturated rings. The summed E-state index contributed by atoms with van der Waals surface area (Å²) < 4.78 is 21.9. The molecule has 0 amide bonds. The summed E-state index contributed by atoms with van der Waals surface area (Å²) in [5.41, 5.74) is 1.64. The topological polar surface area (TPSA) is 64.4 Å². The lowest BCUT2D eigenvalue weighted by molar-refractivity contribution is -0.142. The number of carbonyl (C=O) groups is 1. The summed E-state index contributed by atoms with van der Waals surface area (Å²) in [6.07, 6.45) is 5.31. The van der Waals surface area contributed by atoms with Gasteiger partial charge in [-0.05, 0) is 56.6 Å². The molecule has 0 spiro atoms. The lowest BCUT2D eigenvalue weighted by Crippen LogP contribution is -2.19. The first-order chi connectivity index (χ1) is 12.1. The van der Waals surface area contributed by atoms with Crippen molar-refractivity contribution >= 4 is 16.9 Å².